The van der Waals surface area contributed by atoms with Gasteiger partial charge in [0.25, 0.3) is 0 Å². The zero-order valence-corrected chi connectivity index (χ0v) is 22.7. The molecule has 3 N–H and O–H groups in total. The van der Waals surface area contributed by atoms with Crippen molar-refractivity contribution in [3.8, 4) is 5.75 Å². The first kappa shape index (κ1) is 30.1. The molecule has 15 heteroatoms. The zero-order chi connectivity index (χ0) is 30.0. The van der Waals surface area contributed by atoms with Gasteiger partial charge in [0, 0.05) is 6.54 Å². The molecule has 0 unspecified atom stereocenters. The quantitative estimate of drug-likeness (QED) is 0.331. The summed E-state index contributed by atoms with van der Waals surface area (Å²) >= 11 is 0. The van der Waals surface area contributed by atoms with Crippen molar-refractivity contribution in [1.29, 1.82) is 0 Å². The Morgan fingerprint density at radius 2 is 1.83 bits per heavy atom. The monoisotopic (exact) mass is 599 g/mol. The van der Waals surface area contributed by atoms with Gasteiger partial charge in [-0.2, -0.15) is 21.6 Å². The molecular formula is C26H28F3N3O8S. The third kappa shape index (κ3) is 7.67. The number of hydrogen-bond donors (Lipinski definition) is 3. The number of oxazole rings is 1. The highest BCUT2D eigenvalue weighted by Gasteiger charge is 2.52. The minimum atomic E-state index is -5.08. The number of alkyl halides is 3. The summed E-state index contributed by atoms with van der Waals surface area (Å²) in [6, 6.07) is 11.9. The van der Waals surface area contributed by atoms with E-state index in [1.165, 1.54) is 0 Å². The number of carboxylic acid groups (broad SMARTS) is 1. The fourth-order valence-corrected chi connectivity index (χ4v) is 5.19. The Bertz CT molecular complexity index is 1590. The van der Waals surface area contributed by atoms with Crippen LogP contribution in [-0.4, -0.2) is 67.4 Å². The predicted octanol–water partition coefficient (Wildman–Crippen LogP) is 3.08. The number of H-pyrrole nitrogens is 1. The summed E-state index contributed by atoms with van der Waals surface area (Å²) in [5.41, 5.74) is 1.99. The second kappa shape index (κ2) is 11.6. The molecule has 5 rings (SSSR count). The molecule has 0 spiro atoms. The Balaban J connectivity index is 0.000000493. The lowest BCUT2D eigenvalue weighted by atomic mass is 9.93. The van der Waals surface area contributed by atoms with Crippen LogP contribution in [0.5, 0.6) is 5.75 Å². The van der Waals surface area contributed by atoms with Crippen LogP contribution in [0.15, 0.2) is 51.7 Å². The number of amides is 1. The summed E-state index contributed by atoms with van der Waals surface area (Å²) in [5.74, 6) is -3.15. The first-order valence-electron chi connectivity index (χ1n) is 12.6. The third-order valence-corrected chi connectivity index (χ3v) is 7.35. The van der Waals surface area contributed by atoms with Crippen LogP contribution in [0.4, 0.5) is 13.2 Å². The van der Waals surface area contributed by atoms with Gasteiger partial charge in [-0.15, -0.1) is 0 Å². The molecule has 11 nitrogen and oxygen atoms in total. The van der Waals surface area contributed by atoms with Gasteiger partial charge in [-0.05, 0) is 74.2 Å². The summed E-state index contributed by atoms with van der Waals surface area (Å²) < 4.78 is 65.1. The van der Waals surface area contributed by atoms with Crippen LogP contribution in [0.1, 0.15) is 42.9 Å². The highest BCUT2D eigenvalue weighted by molar-refractivity contribution is 7.86. The molecule has 1 saturated carbocycles. The topological polar surface area (TPSA) is 159 Å². The number of fused-ring (bicyclic) bond motifs is 1. The summed E-state index contributed by atoms with van der Waals surface area (Å²) in [5, 5.41) is 10.3. The van der Waals surface area contributed by atoms with E-state index < -0.39 is 33.4 Å². The molecule has 1 aliphatic heterocycles. The Labute approximate surface area is 232 Å². The van der Waals surface area contributed by atoms with Crippen molar-refractivity contribution >= 4 is 33.1 Å². The normalized spacial score (nSPS) is 17.4. The molecule has 2 aromatic carbocycles. The Hall–Kier alpha value is -3.85. The Kier molecular flexibility index (Phi) is 8.49. The lowest BCUT2D eigenvalue weighted by Crippen LogP contribution is -2.41. The molecule has 1 aliphatic carbocycles. The van der Waals surface area contributed by atoms with E-state index in [-0.39, 0.29) is 17.7 Å². The number of nitrogens with one attached hydrogen (secondary N) is 2. The second-order valence-corrected chi connectivity index (χ2v) is 11.6. The number of likely N-dealkylation sites (tertiary alicyclic amines) is 1. The molecule has 222 valence electrons. The summed E-state index contributed by atoms with van der Waals surface area (Å²) in [6.45, 7) is 2.54. The van der Waals surface area contributed by atoms with E-state index in [9.17, 15) is 31.2 Å². The van der Waals surface area contributed by atoms with Gasteiger partial charge in [0.1, 0.15) is 5.75 Å². The molecule has 1 atom stereocenters. The number of carboxylic acids is 1. The molecule has 1 aromatic heterocycles. The molecule has 0 radical (unpaired) electrons. The van der Waals surface area contributed by atoms with E-state index in [0.29, 0.717) is 30.5 Å². The average Bonchev–Trinajstić information content (AvgIpc) is 3.36. The molecule has 2 heterocycles. The van der Waals surface area contributed by atoms with Crippen molar-refractivity contribution in [2.45, 2.75) is 43.3 Å². The highest BCUT2D eigenvalue weighted by Crippen LogP contribution is 2.49. The minimum Gasteiger partial charge on any atom is -0.475 e. The van der Waals surface area contributed by atoms with Crippen molar-refractivity contribution in [3.05, 3.63) is 64.1 Å². The molecular weight excluding hydrogens is 571 g/mol. The van der Waals surface area contributed by atoms with E-state index in [1.807, 2.05) is 18.2 Å². The van der Waals surface area contributed by atoms with Gasteiger partial charge in [-0.25, -0.2) is 9.59 Å². The number of carbonyl (C=O) groups is 2. The lowest BCUT2D eigenvalue weighted by Gasteiger charge is -2.27. The number of nitrogens with zero attached hydrogens (tertiary/aromatic N) is 1. The van der Waals surface area contributed by atoms with Crippen molar-refractivity contribution in [1.82, 2.24) is 15.2 Å². The number of rotatable bonds is 8. The van der Waals surface area contributed by atoms with E-state index in [4.69, 9.17) is 18.5 Å². The molecule has 2 aliphatic rings. The van der Waals surface area contributed by atoms with E-state index in [2.05, 4.69) is 15.2 Å². The number of aliphatic carboxylic acids is 1. The Morgan fingerprint density at radius 3 is 2.41 bits per heavy atom. The number of carbonyl (C=O) groups excluding carboxylic acids is 1. The zero-order valence-electron chi connectivity index (χ0n) is 21.9. The van der Waals surface area contributed by atoms with Crippen LogP contribution >= 0.6 is 0 Å². The molecule has 3 aromatic rings. The summed E-state index contributed by atoms with van der Waals surface area (Å²) in [7, 11) is -3.66. The van der Waals surface area contributed by atoms with Crippen LogP contribution in [0.25, 0.3) is 11.1 Å². The minimum absolute atomic E-state index is 0.0867. The smallest absolute Gasteiger partial charge is 0.475 e. The first-order chi connectivity index (χ1) is 19.2. The van der Waals surface area contributed by atoms with E-state index >= 15 is 0 Å². The van der Waals surface area contributed by atoms with Gasteiger partial charge in [0.15, 0.2) is 5.58 Å². The standard InChI is InChI=1S/C24H27N3O6S.C2HF3O2/c1-34(30,31)33-18-6-4-5-16(13-18)20(15-27-11-2-3-12-27)25-22(28)24(9-10-24)17-7-8-21-19(14-17)26-23(29)32-21;3-2(4,5)1(6)7/h4-8,13-14,20H,2-3,9-12,15H2,1H3,(H,25,28)(H,26,29);(H,6,7)/t20-;/m1./s1. The fourth-order valence-electron chi connectivity index (χ4n) is 4.73. The van der Waals surface area contributed by atoms with Gasteiger partial charge in [0.05, 0.1) is 23.2 Å². The van der Waals surface area contributed by atoms with Gasteiger partial charge < -0.3 is 23.9 Å². The Morgan fingerprint density at radius 1 is 1.17 bits per heavy atom. The molecule has 1 saturated heterocycles. The molecule has 2 fully saturated rings. The third-order valence-electron chi connectivity index (χ3n) is 6.85. The largest absolute Gasteiger partial charge is 0.490 e. The number of hydrogen-bond acceptors (Lipinski definition) is 8. The number of aromatic amines is 1. The lowest BCUT2D eigenvalue weighted by molar-refractivity contribution is -0.192. The van der Waals surface area contributed by atoms with Crippen molar-refractivity contribution < 1.29 is 44.9 Å². The molecule has 0 bridgehead atoms. The first-order valence-corrected chi connectivity index (χ1v) is 14.4. The van der Waals surface area contributed by atoms with E-state index in [1.54, 1.807) is 24.3 Å². The van der Waals surface area contributed by atoms with Crippen molar-refractivity contribution in [3.63, 3.8) is 0 Å². The van der Waals surface area contributed by atoms with Crippen molar-refractivity contribution in [2.24, 2.45) is 0 Å². The van der Waals surface area contributed by atoms with Crippen LogP contribution < -0.4 is 15.3 Å². The highest BCUT2D eigenvalue weighted by atomic mass is 32.2. The number of aromatic nitrogens is 1. The molecule has 1 amide bonds. The average molecular weight is 600 g/mol. The van der Waals surface area contributed by atoms with Gasteiger partial charge in [-0.1, -0.05) is 18.2 Å². The van der Waals surface area contributed by atoms with Gasteiger partial charge in [0.2, 0.25) is 5.91 Å². The maximum atomic E-state index is 13.6. The number of benzene rings is 2. The van der Waals surface area contributed by atoms with Crippen LogP contribution in [0, 0.1) is 0 Å². The van der Waals surface area contributed by atoms with Crippen LogP contribution in [0.2, 0.25) is 0 Å². The second-order valence-electron chi connectivity index (χ2n) is 10.0. The SMILES string of the molecule is CS(=O)(=O)Oc1cccc([C@@H](CN2CCCC2)NC(=O)C2(c3ccc4oc(=O)[nH]c4c3)CC2)c1.O=C(O)C(F)(F)F. The maximum Gasteiger partial charge on any atom is 0.490 e. The maximum absolute atomic E-state index is 13.6. The summed E-state index contributed by atoms with van der Waals surface area (Å²) in [6.07, 6.45) is -0.431. The van der Waals surface area contributed by atoms with Crippen LogP contribution in [0.3, 0.4) is 0 Å². The number of halogens is 3. The van der Waals surface area contributed by atoms with E-state index in [0.717, 1.165) is 43.3 Å². The molecule has 41 heavy (non-hydrogen) atoms. The van der Waals surface area contributed by atoms with Crippen molar-refractivity contribution in [2.75, 3.05) is 25.9 Å². The van der Waals surface area contributed by atoms with Gasteiger partial charge in [-0.3, -0.25) is 9.78 Å². The van der Waals surface area contributed by atoms with Crippen LogP contribution in [-0.2, 0) is 25.1 Å². The fraction of sp³-hybridized carbons (Fsp3) is 0.423. The predicted molar refractivity (Wildman–Crippen MR) is 140 cm³/mol. The summed E-state index contributed by atoms with van der Waals surface area (Å²) in [4.78, 5) is 39.0. The van der Waals surface area contributed by atoms with Gasteiger partial charge >= 0.3 is 28.0 Å².